The van der Waals surface area contributed by atoms with E-state index in [9.17, 15) is 4.79 Å². The van der Waals surface area contributed by atoms with E-state index in [0.29, 0.717) is 25.5 Å². The molecule has 1 aromatic heterocycles. The summed E-state index contributed by atoms with van der Waals surface area (Å²) in [6.07, 6.45) is 0.443. The summed E-state index contributed by atoms with van der Waals surface area (Å²) in [7, 11) is 3.64. The van der Waals surface area contributed by atoms with Crippen LogP contribution in [0.25, 0.3) is 0 Å². The number of anilines is 1. The van der Waals surface area contributed by atoms with Crippen LogP contribution in [0.4, 0.5) is 5.69 Å². The van der Waals surface area contributed by atoms with Crippen LogP contribution in [0.1, 0.15) is 18.1 Å². The van der Waals surface area contributed by atoms with Crippen LogP contribution in [0.2, 0.25) is 0 Å². The van der Waals surface area contributed by atoms with Crippen LogP contribution in [0.15, 0.2) is 35.3 Å². The minimum Gasteiger partial charge on any atom is -0.351 e. The second-order valence-electron chi connectivity index (χ2n) is 6.03. The maximum atomic E-state index is 12.3. The lowest BCUT2D eigenvalue weighted by molar-refractivity contribution is -0.117. The van der Waals surface area contributed by atoms with Gasteiger partial charge in [0, 0.05) is 32.7 Å². The quantitative estimate of drug-likeness (QED) is 0.628. The van der Waals surface area contributed by atoms with Gasteiger partial charge in [-0.15, -0.1) is 10.2 Å². The Bertz CT molecular complexity index is 769. The second kappa shape index (κ2) is 7.33. The Morgan fingerprint density at radius 3 is 2.72 bits per heavy atom. The Kier molecular flexibility index (Phi) is 4.97. The largest absolute Gasteiger partial charge is 0.351 e. The Balaban J connectivity index is 1.57. The van der Waals surface area contributed by atoms with E-state index in [1.54, 1.807) is 11.9 Å². The summed E-state index contributed by atoms with van der Waals surface area (Å²) in [5.41, 5.74) is 0.925. The molecule has 1 aliphatic heterocycles. The fraction of sp³-hybridized carbons (Fsp3) is 0.412. The number of rotatable bonds is 4. The predicted octanol–water partition coefficient (Wildman–Crippen LogP) is 0.594. The molecule has 0 bridgehead atoms. The molecule has 2 aromatic rings. The lowest BCUT2D eigenvalue weighted by Crippen LogP contribution is -2.44. The Morgan fingerprint density at radius 2 is 2.08 bits per heavy atom. The molecule has 0 spiro atoms. The highest BCUT2D eigenvalue weighted by Gasteiger charge is 2.31. The van der Waals surface area contributed by atoms with Gasteiger partial charge in [0.2, 0.25) is 5.91 Å². The van der Waals surface area contributed by atoms with Crippen molar-refractivity contribution in [3.63, 3.8) is 0 Å². The number of para-hydroxylation sites is 1. The molecule has 8 heteroatoms. The molecule has 8 nitrogen and oxygen atoms in total. The molecule has 1 aliphatic rings. The number of guanidine groups is 1. The molecule has 0 radical (unpaired) electrons. The molecule has 1 amide bonds. The van der Waals surface area contributed by atoms with Gasteiger partial charge in [-0.05, 0) is 19.1 Å². The molecule has 1 atom stereocenters. The van der Waals surface area contributed by atoms with Crippen LogP contribution in [0.3, 0.4) is 0 Å². The Hall–Kier alpha value is -2.90. The van der Waals surface area contributed by atoms with Crippen molar-refractivity contribution >= 4 is 17.6 Å². The first-order valence-corrected chi connectivity index (χ1v) is 8.26. The summed E-state index contributed by atoms with van der Waals surface area (Å²) < 4.78 is 1.93. The van der Waals surface area contributed by atoms with E-state index in [2.05, 4.69) is 25.8 Å². The van der Waals surface area contributed by atoms with Gasteiger partial charge in [-0.1, -0.05) is 18.2 Å². The lowest BCUT2D eigenvalue weighted by atomic mass is 10.2. The van der Waals surface area contributed by atoms with Crippen molar-refractivity contribution in [3.8, 4) is 0 Å². The van der Waals surface area contributed by atoms with Crippen molar-refractivity contribution in [3.05, 3.63) is 42.0 Å². The van der Waals surface area contributed by atoms with E-state index in [4.69, 9.17) is 0 Å². The number of carbonyl (C=O) groups excluding carboxylic acids is 1. The van der Waals surface area contributed by atoms with Crippen LogP contribution in [0, 0.1) is 6.92 Å². The van der Waals surface area contributed by atoms with Crippen LogP contribution in [-0.2, 0) is 18.4 Å². The fourth-order valence-corrected chi connectivity index (χ4v) is 2.82. The average Bonchev–Trinajstić information content (AvgIpc) is 3.15. The van der Waals surface area contributed by atoms with Crippen molar-refractivity contribution in [2.75, 3.05) is 18.5 Å². The van der Waals surface area contributed by atoms with E-state index in [0.717, 1.165) is 17.3 Å². The van der Waals surface area contributed by atoms with Gasteiger partial charge in [-0.3, -0.25) is 9.79 Å². The summed E-state index contributed by atoms with van der Waals surface area (Å²) in [6.45, 7) is 3.04. The topological polar surface area (TPSA) is 87.4 Å². The smallest absolute Gasteiger partial charge is 0.229 e. The number of aryl methyl sites for hydroxylation is 1. The molecule has 1 saturated heterocycles. The van der Waals surface area contributed by atoms with Crippen LogP contribution in [0.5, 0.6) is 0 Å². The standard InChI is InChI=1S/C17H23N7O/c1-12-21-22-15(23(12)3)10-19-17(18-2)20-13-9-16(25)24(11-13)14-7-5-4-6-8-14/h4-8,13H,9-11H2,1-3H3,(H2,18,19,20). The third kappa shape index (κ3) is 3.78. The number of hydrogen-bond donors (Lipinski definition) is 2. The molecular weight excluding hydrogens is 318 g/mol. The summed E-state index contributed by atoms with van der Waals surface area (Å²) in [5.74, 6) is 2.45. The molecule has 2 heterocycles. The number of hydrogen-bond acceptors (Lipinski definition) is 4. The van der Waals surface area contributed by atoms with Crippen molar-refractivity contribution in [1.29, 1.82) is 0 Å². The van der Waals surface area contributed by atoms with Gasteiger partial charge in [0.05, 0.1) is 12.6 Å². The fourth-order valence-electron chi connectivity index (χ4n) is 2.82. The van der Waals surface area contributed by atoms with E-state index in [1.165, 1.54) is 0 Å². The average molecular weight is 341 g/mol. The van der Waals surface area contributed by atoms with Gasteiger partial charge < -0.3 is 20.1 Å². The van der Waals surface area contributed by atoms with Crippen molar-refractivity contribution in [1.82, 2.24) is 25.4 Å². The zero-order valence-corrected chi connectivity index (χ0v) is 14.7. The number of benzene rings is 1. The minimum absolute atomic E-state index is 0.0140. The molecule has 1 fully saturated rings. The van der Waals surface area contributed by atoms with Gasteiger partial charge in [0.15, 0.2) is 11.8 Å². The summed E-state index contributed by atoms with van der Waals surface area (Å²) in [4.78, 5) is 18.3. The number of nitrogens with one attached hydrogen (secondary N) is 2. The van der Waals surface area contributed by atoms with Gasteiger partial charge in [0.1, 0.15) is 5.82 Å². The molecule has 25 heavy (non-hydrogen) atoms. The molecule has 0 saturated carbocycles. The number of aromatic nitrogens is 3. The van der Waals surface area contributed by atoms with E-state index in [-0.39, 0.29) is 11.9 Å². The highest BCUT2D eigenvalue weighted by Crippen LogP contribution is 2.20. The maximum absolute atomic E-state index is 12.3. The number of nitrogens with zero attached hydrogens (tertiary/aromatic N) is 5. The second-order valence-corrected chi connectivity index (χ2v) is 6.03. The lowest BCUT2D eigenvalue weighted by Gasteiger charge is -2.18. The van der Waals surface area contributed by atoms with Gasteiger partial charge in [0.25, 0.3) is 0 Å². The molecule has 1 unspecified atom stereocenters. The van der Waals surface area contributed by atoms with Crippen LogP contribution in [-0.4, -0.2) is 46.3 Å². The van der Waals surface area contributed by atoms with Gasteiger partial charge in [-0.25, -0.2) is 0 Å². The van der Waals surface area contributed by atoms with Gasteiger partial charge >= 0.3 is 0 Å². The first kappa shape index (κ1) is 16.9. The monoisotopic (exact) mass is 341 g/mol. The first-order valence-electron chi connectivity index (χ1n) is 8.26. The van der Waals surface area contributed by atoms with E-state index < -0.39 is 0 Å². The molecular formula is C17H23N7O. The third-order valence-corrected chi connectivity index (χ3v) is 4.35. The van der Waals surface area contributed by atoms with Crippen LogP contribution < -0.4 is 15.5 Å². The SMILES string of the molecule is CN=C(NCc1nnc(C)n1C)NC1CC(=O)N(c2ccccc2)C1. The third-order valence-electron chi connectivity index (χ3n) is 4.35. The zero-order chi connectivity index (χ0) is 17.8. The predicted molar refractivity (Wildman–Crippen MR) is 96.3 cm³/mol. The number of aliphatic imine (C=N–C) groups is 1. The minimum atomic E-state index is 0.0140. The Labute approximate surface area is 147 Å². The summed E-state index contributed by atoms with van der Waals surface area (Å²) >= 11 is 0. The van der Waals surface area contributed by atoms with Crippen LogP contribution >= 0.6 is 0 Å². The normalized spacial score (nSPS) is 17.9. The number of carbonyl (C=O) groups is 1. The Morgan fingerprint density at radius 1 is 1.32 bits per heavy atom. The van der Waals surface area contributed by atoms with Gasteiger partial charge in [-0.2, -0.15) is 0 Å². The van der Waals surface area contributed by atoms with Crippen molar-refractivity contribution in [2.45, 2.75) is 25.9 Å². The highest BCUT2D eigenvalue weighted by molar-refractivity contribution is 5.97. The molecule has 0 aliphatic carbocycles. The van der Waals surface area contributed by atoms with E-state index >= 15 is 0 Å². The first-order chi connectivity index (χ1) is 12.1. The molecule has 132 valence electrons. The molecule has 1 aromatic carbocycles. The highest BCUT2D eigenvalue weighted by atomic mass is 16.2. The zero-order valence-electron chi connectivity index (χ0n) is 14.7. The number of amides is 1. The molecule has 2 N–H and O–H groups in total. The van der Waals surface area contributed by atoms with E-state index in [1.807, 2.05) is 48.9 Å². The summed E-state index contributed by atoms with van der Waals surface area (Å²) in [6, 6.07) is 9.73. The summed E-state index contributed by atoms with van der Waals surface area (Å²) in [5, 5.41) is 14.7. The van der Waals surface area contributed by atoms with Crippen molar-refractivity contribution in [2.24, 2.45) is 12.0 Å². The van der Waals surface area contributed by atoms with Crippen molar-refractivity contribution < 1.29 is 4.79 Å². The maximum Gasteiger partial charge on any atom is 0.229 e. The molecule has 3 rings (SSSR count).